The molecule has 0 aliphatic carbocycles. The van der Waals surface area contributed by atoms with Crippen LogP contribution in [0.15, 0.2) is 30.3 Å². The molecule has 0 aromatic heterocycles. The van der Waals surface area contributed by atoms with E-state index >= 15 is 0 Å². The van der Waals surface area contributed by atoms with Crippen LogP contribution in [0.2, 0.25) is 0 Å². The molecule has 3 rings (SSSR count). The van der Waals surface area contributed by atoms with Gasteiger partial charge in [0.05, 0.1) is 18.0 Å². The lowest BCUT2D eigenvalue weighted by Gasteiger charge is -2.20. The quantitative estimate of drug-likeness (QED) is 0.302. The molecule has 0 fully saturated rings. The number of esters is 1. The van der Waals surface area contributed by atoms with Crippen molar-refractivity contribution in [3.05, 3.63) is 68.3 Å². The number of nitrogens with zero attached hydrogens (tertiary/aromatic N) is 1. The average molecular weight is 399 g/mol. The van der Waals surface area contributed by atoms with Crippen LogP contribution in [0.5, 0.6) is 5.75 Å². The molecule has 29 heavy (non-hydrogen) atoms. The van der Waals surface area contributed by atoms with E-state index in [0.717, 1.165) is 11.1 Å². The molecule has 1 aliphatic rings. The molecule has 1 aliphatic heterocycles. The molecule has 1 heterocycles. The van der Waals surface area contributed by atoms with E-state index in [1.54, 1.807) is 12.1 Å². The number of fused-ring (bicyclic) bond motifs is 1. The predicted molar refractivity (Wildman–Crippen MR) is 103 cm³/mol. The normalized spacial score (nSPS) is 12.6. The lowest BCUT2D eigenvalue weighted by Crippen LogP contribution is -2.15. The van der Waals surface area contributed by atoms with E-state index in [1.807, 2.05) is 19.9 Å². The molecule has 2 aromatic rings. The number of nitro groups is 1. The van der Waals surface area contributed by atoms with Crippen molar-refractivity contribution in [2.24, 2.45) is 0 Å². The fourth-order valence-electron chi connectivity index (χ4n) is 3.00. The number of ether oxygens (including phenoxy) is 3. The van der Waals surface area contributed by atoms with Gasteiger partial charge in [0.2, 0.25) is 0 Å². The van der Waals surface area contributed by atoms with Gasteiger partial charge in [-0.2, -0.15) is 0 Å². The predicted octanol–water partition coefficient (Wildman–Crippen LogP) is 3.78. The second kappa shape index (κ2) is 8.83. The van der Waals surface area contributed by atoms with Crippen LogP contribution in [0, 0.1) is 24.0 Å². The van der Waals surface area contributed by atoms with Crippen molar-refractivity contribution in [2.75, 3.05) is 6.79 Å². The molecule has 0 saturated carbocycles. The number of hydrogen-bond acceptors (Lipinski definition) is 7. The summed E-state index contributed by atoms with van der Waals surface area (Å²) in [6, 6.07) is 8.11. The van der Waals surface area contributed by atoms with Gasteiger partial charge in [0.15, 0.2) is 12.6 Å². The molecule has 0 spiro atoms. The summed E-state index contributed by atoms with van der Waals surface area (Å²) in [7, 11) is 0. The number of ketones is 1. The molecule has 2 aromatic carbocycles. The maximum Gasteiger partial charge on any atom is 0.306 e. The Labute approximate surface area is 167 Å². The summed E-state index contributed by atoms with van der Waals surface area (Å²) in [6.07, 6.45) is -0.0500. The third kappa shape index (κ3) is 4.97. The lowest BCUT2D eigenvalue weighted by molar-refractivity contribution is -0.385. The molecule has 0 amide bonds. The molecular weight excluding hydrogens is 378 g/mol. The van der Waals surface area contributed by atoms with Crippen LogP contribution in [0.1, 0.15) is 45.5 Å². The topological polar surface area (TPSA) is 105 Å². The van der Waals surface area contributed by atoms with Gasteiger partial charge >= 0.3 is 5.97 Å². The Morgan fingerprint density at radius 1 is 1.14 bits per heavy atom. The monoisotopic (exact) mass is 399 g/mol. The van der Waals surface area contributed by atoms with Crippen molar-refractivity contribution in [2.45, 2.75) is 39.9 Å². The maximum atomic E-state index is 12.3. The number of rotatable bonds is 7. The van der Waals surface area contributed by atoms with Gasteiger partial charge in [-0.1, -0.05) is 12.1 Å². The largest absolute Gasteiger partial charge is 0.467 e. The molecule has 0 N–H and O–H groups in total. The highest BCUT2D eigenvalue weighted by molar-refractivity contribution is 5.97. The van der Waals surface area contributed by atoms with E-state index in [9.17, 15) is 19.7 Å². The first-order valence-electron chi connectivity index (χ1n) is 9.12. The molecule has 152 valence electrons. The van der Waals surface area contributed by atoms with Crippen LogP contribution in [-0.4, -0.2) is 23.5 Å². The number of Topliss-reactive ketones (excluding diaryl/α,β-unsaturated/α-hetero) is 1. The highest BCUT2D eigenvalue weighted by atomic mass is 16.7. The van der Waals surface area contributed by atoms with Crippen molar-refractivity contribution in [3.8, 4) is 5.75 Å². The summed E-state index contributed by atoms with van der Waals surface area (Å²) < 4.78 is 15.8. The van der Waals surface area contributed by atoms with E-state index in [4.69, 9.17) is 14.2 Å². The van der Waals surface area contributed by atoms with Gasteiger partial charge in [-0.3, -0.25) is 19.7 Å². The van der Waals surface area contributed by atoms with Crippen LogP contribution >= 0.6 is 0 Å². The molecule has 8 nitrogen and oxygen atoms in total. The SMILES string of the molecule is Cc1ccc(C(=O)CCC(=O)OCc2cc([N+](=O)[O-])cc3c2OCOC3)cc1C. The summed E-state index contributed by atoms with van der Waals surface area (Å²) >= 11 is 0. The van der Waals surface area contributed by atoms with E-state index < -0.39 is 10.9 Å². The van der Waals surface area contributed by atoms with Crippen molar-refractivity contribution in [1.82, 2.24) is 0 Å². The third-order valence-corrected chi connectivity index (χ3v) is 4.76. The lowest BCUT2D eigenvalue weighted by atomic mass is 10.0. The number of aryl methyl sites for hydroxylation is 2. The fraction of sp³-hybridized carbons (Fsp3) is 0.333. The molecule has 0 unspecified atom stereocenters. The molecule has 0 saturated heterocycles. The molecule has 0 atom stereocenters. The Bertz CT molecular complexity index is 968. The standard InChI is InChI=1S/C21H21NO7/c1-13-3-4-15(7-14(13)2)19(23)5-6-20(24)28-11-17-9-18(22(25)26)8-16-10-27-12-29-21(16)17/h3-4,7-9H,5-6,10-12H2,1-2H3. The number of benzene rings is 2. The van der Waals surface area contributed by atoms with Gasteiger partial charge in [-0.05, 0) is 31.0 Å². The number of hydrogen-bond donors (Lipinski definition) is 0. The van der Waals surface area contributed by atoms with Gasteiger partial charge in [0, 0.05) is 35.2 Å². The number of non-ortho nitro benzene ring substituents is 1. The minimum Gasteiger partial charge on any atom is -0.467 e. The average Bonchev–Trinajstić information content (AvgIpc) is 2.71. The van der Waals surface area contributed by atoms with Gasteiger partial charge in [-0.25, -0.2) is 0 Å². The van der Waals surface area contributed by atoms with Gasteiger partial charge in [-0.15, -0.1) is 0 Å². The fourth-order valence-corrected chi connectivity index (χ4v) is 3.00. The van der Waals surface area contributed by atoms with Crippen LogP contribution in [-0.2, 0) is 27.5 Å². The van der Waals surface area contributed by atoms with Crippen molar-refractivity contribution >= 4 is 17.4 Å². The minimum absolute atomic E-state index is 0.0240. The second-order valence-corrected chi connectivity index (χ2v) is 6.84. The van der Waals surface area contributed by atoms with E-state index in [1.165, 1.54) is 12.1 Å². The van der Waals surface area contributed by atoms with Crippen molar-refractivity contribution < 1.29 is 28.7 Å². The Hall–Kier alpha value is -3.26. The van der Waals surface area contributed by atoms with Gasteiger partial charge in [0.1, 0.15) is 12.4 Å². The maximum absolute atomic E-state index is 12.3. The number of nitro benzene ring substituents is 1. The smallest absolute Gasteiger partial charge is 0.306 e. The molecule has 0 radical (unpaired) electrons. The van der Waals surface area contributed by atoms with Crippen LogP contribution < -0.4 is 4.74 Å². The zero-order valence-corrected chi connectivity index (χ0v) is 16.2. The zero-order chi connectivity index (χ0) is 21.0. The Kier molecular flexibility index (Phi) is 6.23. The Balaban J connectivity index is 1.60. The summed E-state index contributed by atoms with van der Waals surface area (Å²) in [5.41, 5.74) is 3.45. The summed E-state index contributed by atoms with van der Waals surface area (Å²) in [5.74, 6) is -0.270. The van der Waals surface area contributed by atoms with Crippen molar-refractivity contribution in [3.63, 3.8) is 0 Å². The molecular formula is C21H21NO7. The highest BCUT2D eigenvalue weighted by Gasteiger charge is 2.22. The van der Waals surface area contributed by atoms with Crippen LogP contribution in [0.4, 0.5) is 5.69 Å². The first-order valence-corrected chi connectivity index (χ1v) is 9.12. The van der Waals surface area contributed by atoms with Crippen LogP contribution in [0.25, 0.3) is 0 Å². The highest BCUT2D eigenvalue weighted by Crippen LogP contribution is 2.33. The summed E-state index contributed by atoms with van der Waals surface area (Å²) in [5, 5.41) is 11.1. The van der Waals surface area contributed by atoms with E-state index in [2.05, 4.69) is 0 Å². The third-order valence-electron chi connectivity index (χ3n) is 4.76. The minimum atomic E-state index is -0.561. The number of carbonyl (C=O) groups is 2. The number of carbonyl (C=O) groups excluding carboxylic acids is 2. The van der Waals surface area contributed by atoms with Crippen LogP contribution in [0.3, 0.4) is 0 Å². The first kappa shape index (κ1) is 20.5. The molecule has 8 heteroatoms. The summed E-state index contributed by atoms with van der Waals surface area (Å²) in [6.45, 7) is 3.91. The summed E-state index contributed by atoms with van der Waals surface area (Å²) in [4.78, 5) is 35.0. The van der Waals surface area contributed by atoms with E-state index in [-0.39, 0.29) is 44.3 Å². The second-order valence-electron chi connectivity index (χ2n) is 6.84. The van der Waals surface area contributed by atoms with Crippen molar-refractivity contribution in [1.29, 1.82) is 0 Å². The zero-order valence-electron chi connectivity index (χ0n) is 16.2. The first-order chi connectivity index (χ1) is 13.8. The Morgan fingerprint density at radius 2 is 1.93 bits per heavy atom. The van der Waals surface area contributed by atoms with E-state index in [0.29, 0.717) is 22.4 Å². The Morgan fingerprint density at radius 3 is 2.66 bits per heavy atom. The molecule has 0 bridgehead atoms. The van der Waals surface area contributed by atoms with Gasteiger partial charge < -0.3 is 14.2 Å². The van der Waals surface area contributed by atoms with Gasteiger partial charge in [0.25, 0.3) is 5.69 Å².